The van der Waals surface area contributed by atoms with E-state index in [1.54, 1.807) is 36.7 Å². The topological polar surface area (TPSA) is 84.1 Å². The lowest BCUT2D eigenvalue weighted by molar-refractivity contribution is 0.475. The first-order valence-corrected chi connectivity index (χ1v) is 4.84. The van der Waals surface area contributed by atoms with Gasteiger partial charge in [0.2, 0.25) is 5.95 Å². The van der Waals surface area contributed by atoms with E-state index < -0.39 is 0 Å². The Hall–Kier alpha value is -2.30. The number of nitrogens with one attached hydrogen (secondary N) is 1. The van der Waals surface area contributed by atoms with Crippen LogP contribution in [-0.2, 0) is 6.54 Å². The highest BCUT2D eigenvalue weighted by molar-refractivity contribution is 5.51. The van der Waals surface area contributed by atoms with Crippen molar-refractivity contribution in [2.75, 3.05) is 11.1 Å². The number of hydrogen-bond acceptors (Lipinski definition) is 5. The number of aromatic nitrogens is 2. The third kappa shape index (κ3) is 2.38. The van der Waals surface area contributed by atoms with Gasteiger partial charge in [-0.3, -0.25) is 0 Å². The molecule has 2 rings (SSSR count). The number of nitrogen functional groups attached to an aromatic ring is 1. The molecule has 0 aliphatic rings. The van der Waals surface area contributed by atoms with Crippen LogP contribution < -0.4 is 11.1 Å². The summed E-state index contributed by atoms with van der Waals surface area (Å²) in [6.45, 7) is 0.476. The summed E-state index contributed by atoms with van der Waals surface area (Å²) < 4.78 is 0. The Morgan fingerprint density at radius 3 is 2.75 bits per heavy atom. The molecule has 82 valence electrons. The molecule has 0 fully saturated rings. The summed E-state index contributed by atoms with van der Waals surface area (Å²) in [5, 5.41) is 12.3. The Balaban J connectivity index is 2.08. The zero-order valence-corrected chi connectivity index (χ0v) is 8.59. The van der Waals surface area contributed by atoms with E-state index in [0.29, 0.717) is 18.2 Å². The fraction of sp³-hybridized carbons (Fsp3) is 0.0909. The smallest absolute Gasteiger partial charge is 0.222 e. The van der Waals surface area contributed by atoms with Gasteiger partial charge in [-0.05, 0) is 29.8 Å². The quantitative estimate of drug-likeness (QED) is 0.533. The summed E-state index contributed by atoms with van der Waals surface area (Å²) in [6, 6.07) is 6.58. The molecule has 16 heavy (non-hydrogen) atoms. The molecule has 0 aliphatic heterocycles. The number of nitrogens with zero attached hydrogens (tertiary/aromatic N) is 2. The second-order valence-electron chi connectivity index (χ2n) is 3.31. The monoisotopic (exact) mass is 216 g/mol. The Labute approximate surface area is 93.0 Å². The van der Waals surface area contributed by atoms with Gasteiger partial charge in [-0.25, -0.2) is 9.97 Å². The summed E-state index contributed by atoms with van der Waals surface area (Å²) in [4.78, 5) is 8.04. The molecule has 0 aliphatic carbocycles. The van der Waals surface area contributed by atoms with Crippen LogP contribution in [0.2, 0.25) is 0 Å². The molecule has 2 aromatic rings. The molecule has 0 spiro atoms. The molecule has 4 N–H and O–H groups in total. The molecule has 0 amide bonds. The number of aromatic hydroxyl groups is 1. The lowest BCUT2D eigenvalue weighted by atomic mass is 10.1. The maximum absolute atomic E-state index is 9.32. The van der Waals surface area contributed by atoms with Gasteiger partial charge in [0, 0.05) is 24.6 Å². The van der Waals surface area contributed by atoms with Crippen molar-refractivity contribution >= 4 is 11.6 Å². The molecule has 0 saturated carbocycles. The first-order chi connectivity index (χ1) is 7.75. The molecule has 5 nitrogen and oxygen atoms in total. The lowest BCUT2D eigenvalue weighted by Crippen LogP contribution is -2.05. The Morgan fingerprint density at radius 1 is 1.25 bits per heavy atom. The predicted molar refractivity (Wildman–Crippen MR) is 61.9 cm³/mol. The molecule has 1 aromatic carbocycles. The third-order valence-corrected chi connectivity index (χ3v) is 2.13. The number of anilines is 2. The van der Waals surface area contributed by atoms with Crippen LogP contribution in [-0.4, -0.2) is 15.1 Å². The van der Waals surface area contributed by atoms with Gasteiger partial charge < -0.3 is 16.2 Å². The van der Waals surface area contributed by atoms with Gasteiger partial charge in [0.1, 0.15) is 5.75 Å². The van der Waals surface area contributed by atoms with Crippen LogP contribution in [0.5, 0.6) is 5.75 Å². The summed E-state index contributed by atoms with van der Waals surface area (Å²) in [6.07, 6.45) is 3.31. The first-order valence-electron chi connectivity index (χ1n) is 4.84. The molecule has 1 heterocycles. The van der Waals surface area contributed by atoms with Crippen molar-refractivity contribution in [3.05, 3.63) is 42.2 Å². The second-order valence-corrected chi connectivity index (χ2v) is 3.31. The van der Waals surface area contributed by atoms with E-state index in [1.165, 1.54) is 0 Å². The molecule has 0 radical (unpaired) electrons. The number of nitrogens with two attached hydrogens (primary N) is 1. The molecular formula is C11H12N4O. The van der Waals surface area contributed by atoms with Gasteiger partial charge in [0.15, 0.2) is 0 Å². The summed E-state index contributed by atoms with van der Waals surface area (Å²) in [7, 11) is 0. The van der Waals surface area contributed by atoms with Crippen LogP contribution in [0.25, 0.3) is 0 Å². The Bertz CT molecular complexity index is 473. The fourth-order valence-corrected chi connectivity index (χ4v) is 1.31. The standard InChI is InChI=1S/C11H12N4O/c12-10-3-2-9(16)6-8(10)7-15-11-13-4-1-5-14-11/h1-6,16H,7,12H2,(H,13,14,15). The normalized spacial score (nSPS) is 10.0. The van der Waals surface area contributed by atoms with E-state index >= 15 is 0 Å². The second kappa shape index (κ2) is 4.48. The van der Waals surface area contributed by atoms with Crippen molar-refractivity contribution < 1.29 is 5.11 Å². The van der Waals surface area contributed by atoms with Crippen molar-refractivity contribution in [3.63, 3.8) is 0 Å². The Morgan fingerprint density at radius 2 is 2.00 bits per heavy atom. The van der Waals surface area contributed by atoms with E-state index in [9.17, 15) is 5.11 Å². The number of benzene rings is 1. The highest BCUT2D eigenvalue weighted by Gasteiger charge is 2.01. The van der Waals surface area contributed by atoms with Crippen LogP contribution in [0.4, 0.5) is 11.6 Å². The number of phenolic OH excluding ortho intramolecular Hbond substituents is 1. The van der Waals surface area contributed by atoms with Crippen molar-refractivity contribution in [2.45, 2.75) is 6.54 Å². The van der Waals surface area contributed by atoms with Gasteiger partial charge >= 0.3 is 0 Å². The van der Waals surface area contributed by atoms with E-state index in [4.69, 9.17) is 5.73 Å². The third-order valence-electron chi connectivity index (χ3n) is 2.13. The van der Waals surface area contributed by atoms with Crippen LogP contribution in [0.15, 0.2) is 36.7 Å². The zero-order valence-electron chi connectivity index (χ0n) is 8.59. The van der Waals surface area contributed by atoms with Crippen molar-refractivity contribution in [2.24, 2.45) is 0 Å². The maximum atomic E-state index is 9.32. The average molecular weight is 216 g/mol. The van der Waals surface area contributed by atoms with Gasteiger partial charge in [0.25, 0.3) is 0 Å². The van der Waals surface area contributed by atoms with Gasteiger partial charge in [0.05, 0.1) is 0 Å². The maximum Gasteiger partial charge on any atom is 0.222 e. The van der Waals surface area contributed by atoms with Crippen molar-refractivity contribution in [1.82, 2.24) is 9.97 Å². The van der Waals surface area contributed by atoms with E-state index in [2.05, 4.69) is 15.3 Å². The van der Waals surface area contributed by atoms with E-state index in [1.807, 2.05) is 0 Å². The zero-order chi connectivity index (χ0) is 11.4. The minimum absolute atomic E-state index is 0.194. The highest BCUT2D eigenvalue weighted by atomic mass is 16.3. The highest BCUT2D eigenvalue weighted by Crippen LogP contribution is 2.18. The SMILES string of the molecule is Nc1ccc(O)cc1CNc1ncccn1. The molecule has 0 saturated heterocycles. The average Bonchev–Trinajstić information content (AvgIpc) is 2.32. The molecule has 0 unspecified atom stereocenters. The van der Waals surface area contributed by atoms with Gasteiger partial charge in [-0.2, -0.15) is 0 Å². The summed E-state index contributed by atoms with van der Waals surface area (Å²) >= 11 is 0. The number of rotatable bonds is 3. The van der Waals surface area contributed by atoms with Crippen LogP contribution >= 0.6 is 0 Å². The fourth-order valence-electron chi connectivity index (χ4n) is 1.31. The summed E-state index contributed by atoms with van der Waals surface area (Å²) in [5.41, 5.74) is 7.20. The van der Waals surface area contributed by atoms with Crippen LogP contribution in [0.1, 0.15) is 5.56 Å². The molecule has 0 bridgehead atoms. The number of hydrogen-bond donors (Lipinski definition) is 3. The van der Waals surface area contributed by atoms with Gasteiger partial charge in [-0.1, -0.05) is 0 Å². The summed E-state index contributed by atoms with van der Waals surface area (Å²) in [5.74, 6) is 0.727. The van der Waals surface area contributed by atoms with Crippen LogP contribution in [0.3, 0.4) is 0 Å². The first kappa shape index (κ1) is 10.2. The molecular weight excluding hydrogens is 204 g/mol. The number of phenols is 1. The van der Waals surface area contributed by atoms with E-state index in [-0.39, 0.29) is 5.75 Å². The minimum Gasteiger partial charge on any atom is -0.508 e. The van der Waals surface area contributed by atoms with Crippen molar-refractivity contribution in [1.29, 1.82) is 0 Å². The van der Waals surface area contributed by atoms with Crippen molar-refractivity contribution in [3.8, 4) is 5.75 Å². The Kier molecular flexibility index (Phi) is 2.86. The molecule has 1 aromatic heterocycles. The lowest BCUT2D eigenvalue weighted by Gasteiger charge is -2.07. The van der Waals surface area contributed by atoms with E-state index in [0.717, 1.165) is 5.56 Å². The van der Waals surface area contributed by atoms with Crippen LogP contribution in [0, 0.1) is 0 Å². The largest absolute Gasteiger partial charge is 0.508 e. The van der Waals surface area contributed by atoms with Gasteiger partial charge in [-0.15, -0.1) is 0 Å². The predicted octanol–water partition coefficient (Wildman–Crippen LogP) is 1.38. The molecule has 5 heteroatoms. The minimum atomic E-state index is 0.194. The molecule has 0 atom stereocenters.